The second-order valence-electron chi connectivity index (χ2n) is 7.63. The van der Waals surface area contributed by atoms with E-state index in [-0.39, 0.29) is 11.3 Å². The van der Waals surface area contributed by atoms with Crippen LogP contribution in [0.25, 0.3) is 0 Å². The third-order valence-corrected chi connectivity index (χ3v) is 6.20. The lowest BCUT2D eigenvalue weighted by atomic mass is 9.46. The summed E-state index contributed by atoms with van der Waals surface area (Å²) in [5.41, 5.74) is 0.648. The first-order valence-corrected chi connectivity index (χ1v) is 7.84. The van der Waals surface area contributed by atoms with Crippen molar-refractivity contribution in [2.45, 2.75) is 65.7 Å². The van der Waals surface area contributed by atoms with Crippen LogP contribution in [-0.2, 0) is 9.59 Å². The Morgan fingerprint density at radius 2 is 1.84 bits per heavy atom. The van der Waals surface area contributed by atoms with Gasteiger partial charge in [-0.25, -0.2) is 0 Å². The lowest BCUT2D eigenvalue weighted by Gasteiger charge is -2.58. The molecular formula is C17H28O2. The van der Waals surface area contributed by atoms with Crippen LogP contribution < -0.4 is 0 Å². The van der Waals surface area contributed by atoms with E-state index < -0.39 is 0 Å². The van der Waals surface area contributed by atoms with Crippen LogP contribution in [0.15, 0.2) is 0 Å². The van der Waals surface area contributed by atoms with Gasteiger partial charge in [0.25, 0.3) is 0 Å². The fraction of sp³-hybridized carbons (Fsp3) is 0.882. The smallest absolute Gasteiger partial charge is 0.123 e. The number of rotatable bonds is 4. The first-order chi connectivity index (χ1) is 8.95. The van der Waals surface area contributed by atoms with Gasteiger partial charge < -0.3 is 9.59 Å². The molecule has 0 aromatic carbocycles. The number of aldehydes is 2. The molecule has 0 unspecified atom stereocenters. The summed E-state index contributed by atoms with van der Waals surface area (Å²) in [4.78, 5) is 22.2. The number of carbonyl (C=O) groups is 2. The van der Waals surface area contributed by atoms with Crippen molar-refractivity contribution in [3.63, 3.8) is 0 Å². The molecule has 108 valence electrons. The molecule has 0 radical (unpaired) electrons. The zero-order valence-corrected chi connectivity index (χ0v) is 12.7. The summed E-state index contributed by atoms with van der Waals surface area (Å²) in [6, 6.07) is 0. The highest BCUT2D eigenvalue weighted by atomic mass is 16.1. The Hall–Kier alpha value is -0.660. The number of hydrogen-bond donors (Lipinski definition) is 0. The predicted molar refractivity (Wildman–Crippen MR) is 76.8 cm³/mol. The van der Waals surface area contributed by atoms with Crippen LogP contribution >= 0.6 is 0 Å². The molecule has 2 heteroatoms. The fourth-order valence-electron chi connectivity index (χ4n) is 5.33. The average molecular weight is 264 g/mol. The minimum Gasteiger partial charge on any atom is -0.303 e. The van der Waals surface area contributed by atoms with Crippen molar-refractivity contribution >= 4 is 12.6 Å². The van der Waals surface area contributed by atoms with Crippen molar-refractivity contribution in [3.8, 4) is 0 Å². The van der Waals surface area contributed by atoms with Crippen LogP contribution in [0.3, 0.4) is 0 Å². The Balaban J connectivity index is 2.29. The maximum Gasteiger partial charge on any atom is 0.123 e. The largest absolute Gasteiger partial charge is 0.303 e. The molecule has 19 heavy (non-hydrogen) atoms. The van der Waals surface area contributed by atoms with E-state index in [4.69, 9.17) is 0 Å². The maximum atomic E-state index is 11.4. The molecule has 2 aliphatic carbocycles. The SMILES string of the molecule is CC1(C)CCC[C@]2(C)[C@@H](CCC=O)[C@@H](C=O)CC[C@@H]12. The van der Waals surface area contributed by atoms with Gasteiger partial charge in [0, 0.05) is 12.3 Å². The Labute approximate surface area is 117 Å². The van der Waals surface area contributed by atoms with Gasteiger partial charge in [-0.1, -0.05) is 27.2 Å². The molecule has 2 saturated carbocycles. The molecule has 4 atom stereocenters. The molecule has 2 nitrogen and oxygen atoms in total. The van der Waals surface area contributed by atoms with Crippen molar-refractivity contribution in [1.29, 1.82) is 0 Å². The van der Waals surface area contributed by atoms with Crippen molar-refractivity contribution in [1.82, 2.24) is 0 Å². The second kappa shape index (κ2) is 5.38. The van der Waals surface area contributed by atoms with Gasteiger partial charge in [0.1, 0.15) is 12.6 Å². The van der Waals surface area contributed by atoms with Crippen molar-refractivity contribution in [3.05, 3.63) is 0 Å². The normalized spacial score (nSPS) is 41.3. The molecule has 0 saturated heterocycles. The Morgan fingerprint density at radius 3 is 2.47 bits per heavy atom. The lowest BCUT2D eigenvalue weighted by Crippen LogP contribution is -2.51. The molecule has 0 heterocycles. The predicted octanol–water partition coefficient (Wildman–Crippen LogP) is 4.02. The van der Waals surface area contributed by atoms with E-state index in [1.807, 2.05) is 0 Å². The van der Waals surface area contributed by atoms with E-state index in [0.717, 1.165) is 19.1 Å². The first-order valence-electron chi connectivity index (χ1n) is 7.84. The summed E-state index contributed by atoms with van der Waals surface area (Å²) < 4.78 is 0. The summed E-state index contributed by atoms with van der Waals surface area (Å²) in [6.07, 6.45) is 9.70. The van der Waals surface area contributed by atoms with Gasteiger partial charge >= 0.3 is 0 Å². The maximum absolute atomic E-state index is 11.4. The van der Waals surface area contributed by atoms with E-state index in [9.17, 15) is 9.59 Å². The van der Waals surface area contributed by atoms with Gasteiger partial charge in [-0.15, -0.1) is 0 Å². The van der Waals surface area contributed by atoms with Gasteiger partial charge in [0.2, 0.25) is 0 Å². The summed E-state index contributed by atoms with van der Waals surface area (Å²) in [5, 5.41) is 0. The Morgan fingerprint density at radius 1 is 1.11 bits per heavy atom. The molecule has 0 aromatic heterocycles. The van der Waals surface area contributed by atoms with E-state index in [1.54, 1.807) is 0 Å². The molecule has 0 aromatic rings. The monoisotopic (exact) mass is 264 g/mol. The van der Waals surface area contributed by atoms with Crippen LogP contribution in [0.1, 0.15) is 65.7 Å². The average Bonchev–Trinajstić information content (AvgIpc) is 2.35. The second-order valence-corrected chi connectivity index (χ2v) is 7.63. The quantitative estimate of drug-likeness (QED) is 0.719. The van der Waals surface area contributed by atoms with Crippen LogP contribution in [0, 0.1) is 28.6 Å². The van der Waals surface area contributed by atoms with Crippen molar-refractivity contribution in [2.75, 3.05) is 0 Å². The molecule has 0 bridgehead atoms. The molecule has 2 fully saturated rings. The van der Waals surface area contributed by atoms with E-state index in [0.29, 0.717) is 23.7 Å². The summed E-state index contributed by atoms with van der Waals surface area (Å²) in [5.74, 6) is 1.30. The zero-order chi connectivity index (χ0) is 14.1. The first kappa shape index (κ1) is 14.7. The minimum absolute atomic E-state index is 0.176. The molecule has 0 aliphatic heterocycles. The number of hydrogen-bond acceptors (Lipinski definition) is 2. The van der Waals surface area contributed by atoms with Crippen LogP contribution in [-0.4, -0.2) is 12.6 Å². The van der Waals surface area contributed by atoms with Gasteiger partial charge in [-0.05, 0) is 54.8 Å². The molecule has 0 N–H and O–H groups in total. The van der Waals surface area contributed by atoms with Gasteiger partial charge in [-0.2, -0.15) is 0 Å². The van der Waals surface area contributed by atoms with Gasteiger partial charge in [0.05, 0.1) is 0 Å². The summed E-state index contributed by atoms with van der Waals surface area (Å²) in [7, 11) is 0. The standard InChI is InChI=1S/C17H28O2/c1-16(2)9-5-10-17(3)14(6-4-11-18)13(12-19)7-8-15(16)17/h11-15H,4-10H2,1-3H3/t13-,14+,15+,17-/m1/s1. The lowest BCUT2D eigenvalue weighted by molar-refractivity contribution is -0.130. The highest BCUT2D eigenvalue weighted by molar-refractivity contribution is 5.55. The van der Waals surface area contributed by atoms with Gasteiger partial charge in [-0.3, -0.25) is 0 Å². The third kappa shape index (κ3) is 2.51. The summed E-state index contributed by atoms with van der Waals surface area (Å²) in [6.45, 7) is 7.18. The topological polar surface area (TPSA) is 34.1 Å². The molecule has 2 aliphatic rings. The van der Waals surface area contributed by atoms with Crippen molar-refractivity contribution < 1.29 is 9.59 Å². The van der Waals surface area contributed by atoms with Crippen LogP contribution in [0.4, 0.5) is 0 Å². The molecule has 2 rings (SSSR count). The van der Waals surface area contributed by atoms with E-state index >= 15 is 0 Å². The van der Waals surface area contributed by atoms with Crippen molar-refractivity contribution in [2.24, 2.45) is 28.6 Å². The van der Waals surface area contributed by atoms with Crippen LogP contribution in [0.5, 0.6) is 0 Å². The molecule has 0 spiro atoms. The van der Waals surface area contributed by atoms with Crippen LogP contribution in [0.2, 0.25) is 0 Å². The molecule has 0 amide bonds. The third-order valence-electron chi connectivity index (χ3n) is 6.20. The Bertz CT molecular complexity index is 347. The number of fused-ring (bicyclic) bond motifs is 1. The van der Waals surface area contributed by atoms with Gasteiger partial charge in [0.15, 0.2) is 0 Å². The van der Waals surface area contributed by atoms with E-state index in [2.05, 4.69) is 20.8 Å². The van der Waals surface area contributed by atoms with E-state index in [1.165, 1.54) is 32.0 Å². The highest BCUT2D eigenvalue weighted by Crippen LogP contribution is 2.61. The summed E-state index contributed by atoms with van der Waals surface area (Å²) >= 11 is 0. The zero-order valence-electron chi connectivity index (χ0n) is 12.7. The fourth-order valence-corrected chi connectivity index (χ4v) is 5.33. The highest BCUT2D eigenvalue weighted by Gasteiger charge is 2.54. The molecular weight excluding hydrogens is 236 g/mol. The minimum atomic E-state index is 0.176. The Kier molecular flexibility index (Phi) is 4.17. The number of carbonyl (C=O) groups excluding carboxylic acids is 2.